The van der Waals surface area contributed by atoms with Crippen molar-refractivity contribution in [3.8, 4) is 0 Å². The Morgan fingerprint density at radius 2 is 0.700 bits per heavy atom. The van der Waals surface area contributed by atoms with Crippen LogP contribution in [0, 0.1) is 0 Å². The van der Waals surface area contributed by atoms with Gasteiger partial charge in [-0.15, -0.1) is 0 Å². The fraction of sp³-hybridized carbons (Fsp3) is 1.00. The van der Waals surface area contributed by atoms with Crippen molar-refractivity contribution in [1.29, 1.82) is 0 Å². The lowest BCUT2D eigenvalue weighted by Crippen LogP contribution is -1.73. The first-order chi connectivity index (χ1) is 9.56. The maximum Gasteiger partial charge on any atom is 0.314 e. The minimum Gasteiger partial charge on any atom is -0.326 e. The first-order valence-corrected chi connectivity index (χ1v) is 9.78. The zero-order valence-corrected chi connectivity index (χ0v) is 15.3. The van der Waals surface area contributed by atoms with Crippen molar-refractivity contribution in [2.24, 2.45) is 0 Å². The van der Waals surface area contributed by atoms with E-state index in [1.165, 1.54) is 77.0 Å². The lowest BCUT2D eigenvalue weighted by molar-refractivity contribution is 0.405. The Morgan fingerprint density at radius 1 is 0.550 bits per heavy atom. The van der Waals surface area contributed by atoms with E-state index in [1.807, 2.05) is 0 Å². The molecule has 126 valence electrons. The molecule has 0 bridgehead atoms. The predicted molar refractivity (Wildman–Crippen MR) is 91.5 cm³/mol. The van der Waals surface area contributed by atoms with Gasteiger partial charge in [-0.05, 0) is 0 Å². The topological polar surface area (TPSA) is 57.5 Å². The minimum absolute atomic E-state index is 1.36. The van der Waals surface area contributed by atoms with Gasteiger partial charge in [0.25, 0.3) is 0 Å². The van der Waals surface area contributed by atoms with Crippen molar-refractivity contribution in [3.63, 3.8) is 0 Å². The van der Waals surface area contributed by atoms with Gasteiger partial charge in [0.2, 0.25) is 0 Å². The Morgan fingerprint density at radius 3 is 0.800 bits per heavy atom. The first kappa shape index (κ1) is 25.1. The van der Waals surface area contributed by atoms with E-state index in [4.69, 9.17) is 14.4 Å². The van der Waals surface area contributed by atoms with E-state index in [0.717, 1.165) is 0 Å². The van der Waals surface area contributed by atoms with E-state index in [0.29, 0.717) is 0 Å². The van der Waals surface area contributed by atoms with Crippen molar-refractivity contribution >= 4 is 8.25 Å². The van der Waals surface area contributed by atoms with E-state index < -0.39 is 8.25 Å². The van der Waals surface area contributed by atoms with Gasteiger partial charge in [-0.1, -0.05) is 105 Å². The summed E-state index contributed by atoms with van der Waals surface area (Å²) < 4.78 is 8.74. The van der Waals surface area contributed by atoms with Gasteiger partial charge in [0.15, 0.2) is 0 Å². The average Bonchev–Trinajstić information content (AvgIpc) is 2.40. The molecule has 20 heavy (non-hydrogen) atoms. The SMILES string of the molecule is CCCCCCCC.CCCCCCCC.O=[PH](O)O. The molecule has 0 aliphatic carbocycles. The number of rotatable bonds is 10. The van der Waals surface area contributed by atoms with Crippen LogP contribution < -0.4 is 0 Å². The Bertz CT molecular complexity index is 136. The third kappa shape index (κ3) is 51.8. The van der Waals surface area contributed by atoms with Crippen molar-refractivity contribution < 1.29 is 14.4 Å². The molecular weight excluding hydrogens is 271 g/mol. The second kappa shape index (κ2) is 27.5. The van der Waals surface area contributed by atoms with Crippen LogP contribution in [0.25, 0.3) is 0 Å². The molecule has 0 spiro atoms. The molecule has 0 amide bonds. The zero-order chi connectivity index (χ0) is 16.1. The quantitative estimate of drug-likeness (QED) is 0.379. The highest BCUT2D eigenvalue weighted by Crippen LogP contribution is 2.04. The second-order valence-corrected chi connectivity index (χ2v) is 5.68. The maximum atomic E-state index is 8.74. The van der Waals surface area contributed by atoms with Crippen molar-refractivity contribution in [2.75, 3.05) is 0 Å². The molecule has 0 radical (unpaired) electrons. The summed E-state index contributed by atoms with van der Waals surface area (Å²) in [6.07, 6.45) is 17.0. The second-order valence-electron chi connectivity index (χ2n) is 5.11. The van der Waals surface area contributed by atoms with Crippen LogP contribution in [0.15, 0.2) is 0 Å². The standard InChI is InChI=1S/2C8H18.H3O3P/c2*1-3-5-7-8-6-4-2;1-4(2)3/h2*3-8H2,1-2H3;4H,(H2,1,2,3). The van der Waals surface area contributed by atoms with Crippen LogP contribution >= 0.6 is 8.25 Å². The monoisotopic (exact) mass is 310 g/mol. The Hall–Kier alpha value is 0.150. The summed E-state index contributed by atoms with van der Waals surface area (Å²) in [5.74, 6) is 0. The molecule has 0 heterocycles. The van der Waals surface area contributed by atoms with Gasteiger partial charge >= 0.3 is 8.25 Å². The highest BCUT2D eigenvalue weighted by Gasteiger charge is 1.84. The summed E-state index contributed by atoms with van der Waals surface area (Å²) in [6.45, 7) is 9.02. The summed E-state index contributed by atoms with van der Waals surface area (Å²) in [7, 11) is -3.13. The third-order valence-corrected chi connectivity index (χ3v) is 2.91. The van der Waals surface area contributed by atoms with Crippen LogP contribution in [-0.4, -0.2) is 9.79 Å². The van der Waals surface area contributed by atoms with Crippen LogP contribution in [0.1, 0.15) is 105 Å². The molecule has 0 saturated carbocycles. The Labute approximate surface area is 128 Å². The molecule has 0 fully saturated rings. The van der Waals surface area contributed by atoms with E-state index >= 15 is 0 Å². The maximum absolute atomic E-state index is 8.74. The molecule has 0 unspecified atom stereocenters. The van der Waals surface area contributed by atoms with Gasteiger partial charge < -0.3 is 9.79 Å². The third-order valence-electron chi connectivity index (χ3n) is 2.91. The highest BCUT2D eigenvalue weighted by molar-refractivity contribution is 7.30. The number of unbranched alkanes of at least 4 members (excludes halogenated alkanes) is 10. The van der Waals surface area contributed by atoms with Gasteiger partial charge in [-0.25, -0.2) is 0 Å². The molecule has 0 rings (SSSR count). The molecule has 0 atom stereocenters. The molecule has 0 aromatic rings. The fourth-order valence-electron chi connectivity index (χ4n) is 1.71. The highest BCUT2D eigenvalue weighted by atomic mass is 31.1. The lowest BCUT2D eigenvalue weighted by Gasteiger charge is -1.93. The molecule has 0 saturated heterocycles. The van der Waals surface area contributed by atoms with Gasteiger partial charge in [-0.3, -0.25) is 4.57 Å². The van der Waals surface area contributed by atoms with E-state index in [1.54, 1.807) is 0 Å². The summed E-state index contributed by atoms with van der Waals surface area (Å²) in [5.41, 5.74) is 0. The number of hydrogen-bond acceptors (Lipinski definition) is 1. The van der Waals surface area contributed by atoms with E-state index in [9.17, 15) is 0 Å². The largest absolute Gasteiger partial charge is 0.326 e. The number of hydrogen-bond donors (Lipinski definition) is 2. The average molecular weight is 310 g/mol. The van der Waals surface area contributed by atoms with Crippen LogP contribution in [0.3, 0.4) is 0 Å². The first-order valence-electron chi connectivity index (χ1n) is 8.48. The minimum atomic E-state index is -3.13. The Kier molecular flexibility index (Phi) is 34.5. The zero-order valence-electron chi connectivity index (χ0n) is 14.3. The van der Waals surface area contributed by atoms with Crippen LogP contribution in [0.4, 0.5) is 0 Å². The van der Waals surface area contributed by atoms with Crippen LogP contribution in [0.2, 0.25) is 0 Å². The predicted octanol–water partition coefficient (Wildman–Crippen LogP) is 6.09. The molecule has 0 aliphatic rings. The van der Waals surface area contributed by atoms with Gasteiger partial charge in [0.05, 0.1) is 0 Å². The molecule has 0 aromatic heterocycles. The molecular formula is C16H39O3P. The van der Waals surface area contributed by atoms with Gasteiger partial charge in [0, 0.05) is 0 Å². The summed E-state index contributed by atoms with van der Waals surface area (Å²) in [5, 5.41) is 0. The molecule has 3 nitrogen and oxygen atoms in total. The Balaban J connectivity index is -0.000000230. The van der Waals surface area contributed by atoms with Crippen molar-refractivity contribution in [1.82, 2.24) is 0 Å². The summed E-state index contributed by atoms with van der Waals surface area (Å²) in [6, 6.07) is 0. The lowest BCUT2D eigenvalue weighted by atomic mass is 10.1. The van der Waals surface area contributed by atoms with E-state index in [2.05, 4.69) is 27.7 Å². The smallest absolute Gasteiger partial charge is 0.314 e. The molecule has 4 heteroatoms. The molecule has 2 N–H and O–H groups in total. The van der Waals surface area contributed by atoms with E-state index in [-0.39, 0.29) is 0 Å². The molecule has 0 aromatic carbocycles. The van der Waals surface area contributed by atoms with Crippen LogP contribution in [-0.2, 0) is 4.57 Å². The van der Waals surface area contributed by atoms with Crippen molar-refractivity contribution in [2.45, 2.75) is 105 Å². The van der Waals surface area contributed by atoms with Crippen LogP contribution in [0.5, 0.6) is 0 Å². The summed E-state index contributed by atoms with van der Waals surface area (Å²) in [4.78, 5) is 14.3. The molecule has 0 aliphatic heterocycles. The fourth-order valence-corrected chi connectivity index (χ4v) is 1.71. The van der Waals surface area contributed by atoms with Gasteiger partial charge in [-0.2, -0.15) is 0 Å². The van der Waals surface area contributed by atoms with Crippen molar-refractivity contribution in [3.05, 3.63) is 0 Å². The van der Waals surface area contributed by atoms with Gasteiger partial charge in [0.1, 0.15) is 0 Å². The summed E-state index contributed by atoms with van der Waals surface area (Å²) >= 11 is 0. The normalized spacial score (nSPS) is 9.55.